The van der Waals surface area contributed by atoms with Crippen LogP contribution >= 0.6 is 0 Å². The third-order valence-electron chi connectivity index (χ3n) is 4.73. The van der Waals surface area contributed by atoms with Crippen molar-refractivity contribution in [3.63, 3.8) is 0 Å². The molecule has 1 aliphatic heterocycles. The predicted molar refractivity (Wildman–Crippen MR) is 109 cm³/mol. The number of aromatic nitrogens is 1. The molecule has 0 bridgehead atoms. The molecule has 0 amide bonds. The van der Waals surface area contributed by atoms with Gasteiger partial charge in [-0.25, -0.2) is 9.98 Å². The molecule has 7 heteroatoms. The zero-order valence-electron chi connectivity index (χ0n) is 17.2. The minimum Gasteiger partial charge on any atom is -0.475 e. The lowest BCUT2D eigenvalue weighted by Gasteiger charge is -2.35. The van der Waals surface area contributed by atoms with Crippen molar-refractivity contribution in [2.24, 2.45) is 4.99 Å². The summed E-state index contributed by atoms with van der Waals surface area (Å²) < 4.78 is 10.7. The van der Waals surface area contributed by atoms with E-state index in [9.17, 15) is 0 Å². The lowest BCUT2D eigenvalue weighted by Crippen LogP contribution is -2.49. The van der Waals surface area contributed by atoms with E-state index >= 15 is 0 Å². The number of piperidine rings is 1. The summed E-state index contributed by atoms with van der Waals surface area (Å²) in [5.74, 6) is 1.48. The third kappa shape index (κ3) is 7.34. The van der Waals surface area contributed by atoms with Crippen LogP contribution in [0.15, 0.2) is 23.3 Å². The minimum atomic E-state index is 0.462. The molecule has 2 heterocycles. The maximum atomic E-state index is 5.70. The Morgan fingerprint density at radius 3 is 2.78 bits per heavy atom. The van der Waals surface area contributed by atoms with Crippen LogP contribution in [0.4, 0.5) is 0 Å². The van der Waals surface area contributed by atoms with Gasteiger partial charge in [0.15, 0.2) is 5.96 Å². The van der Waals surface area contributed by atoms with Gasteiger partial charge in [-0.15, -0.1) is 0 Å². The summed E-state index contributed by atoms with van der Waals surface area (Å²) in [5.41, 5.74) is 0.973. The molecule has 0 saturated carbocycles. The van der Waals surface area contributed by atoms with E-state index in [0.717, 1.165) is 44.0 Å². The summed E-state index contributed by atoms with van der Waals surface area (Å²) in [4.78, 5) is 11.6. The van der Waals surface area contributed by atoms with Gasteiger partial charge in [-0.2, -0.15) is 0 Å². The number of nitrogens with zero attached hydrogens (tertiary/aromatic N) is 3. The highest BCUT2D eigenvalue weighted by Crippen LogP contribution is 2.16. The number of guanidine groups is 1. The second-order valence-electron chi connectivity index (χ2n) is 7.05. The Balaban J connectivity index is 1.93. The second-order valence-corrected chi connectivity index (χ2v) is 7.05. The zero-order chi connectivity index (χ0) is 19.5. The fourth-order valence-electron chi connectivity index (χ4n) is 3.13. The Kier molecular flexibility index (Phi) is 9.35. The number of hydrogen-bond acceptors (Lipinski definition) is 5. The molecule has 0 radical (unpaired) electrons. The predicted octanol–water partition coefficient (Wildman–Crippen LogP) is 2.03. The summed E-state index contributed by atoms with van der Waals surface area (Å²) >= 11 is 0. The first-order valence-corrected chi connectivity index (χ1v) is 9.98. The first kappa shape index (κ1) is 21.4. The van der Waals surface area contributed by atoms with Gasteiger partial charge in [-0.1, -0.05) is 6.07 Å². The van der Waals surface area contributed by atoms with Crippen molar-refractivity contribution >= 4 is 5.96 Å². The molecular formula is C20H35N5O2. The van der Waals surface area contributed by atoms with Gasteiger partial charge in [-0.05, 0) is 39.7 Å². The number of hydrogen-bond donors (Lipinski definition) is 2. The van der Waals surface area contributed by atoms with Crippen molar-refractivity contribution in [2.75, 3.05) is 40.0 Å². The van der Waals surface area contributed by atoms with Gasteiger partial charge < -0.3 is 25.0 Å². The molecule has 0 aromatic carbocycles. The van der Waals surface area contributed by atoms with Crippen LogP contribution in [0.2, 0.25) is 0 Å². The third-order valence-corrected chi connectivity index (χ3v) is 4.73. The SMILES string of the molecule is CCNC(=NCc1cccnc1OCCOC)NC1CCN(C(C)C)CC1. The van der Waals surface area contributed by atoms with E-state index < -0.39 is 0 Å². The first-order valence-electron chi connectivity index (χ1n) is 9.98. The Labute approximate surface area is 163 Å². The smallest absolute Gasteiger partial charge is 0.218 e. The minimum absolute atomic E-state index is 0.462. The summed E-state index contributed by atoms with van der Waals surface area (Å²) in [5, 5.41) is 6.94. The number of rotatable bonds is 9. The molecule has 1 aromatic rings. The first-order chi connectivity index (χ1) is 13.1. The average Bonchev–Trinajstić information content (AvgIpc) is 2.68. The molecule has 152 valence electrons. The molecule has 2 rings (SSSR count). The van der Waals surface area contributed by atoms with Crippen molar-refractivity contribution < 1.29 is 9.47 Å². The van der Waals surface area contributed by atoms with Crippen LogP contribution in [-0.2, 0) is 11.3 Å². The lowest BCUT2D eigenvalue weighted by molar-refractivity contribution is 0.143. The van der Waals surface area contributed by atoms with E-state index in [1.54, 1.807) is 13.3 Å². The van der Waals surface area contributed by atoms with Gasteiger partial charge in [-0.3, -0.25) is 0 Å². The summed E-state index contributed by atoms with van der Waals surface area (Å²) in [6.45, 7) is 11.3. The van der Waals surface area contributed by atoms with E-state index in [4.69, 9.17) is 14.5 Å². The van der Waals surface area contributed by atoms with Crippen LogP contribution in [0.1, 0.15) is 39.2 Å². The normalized spacial score (nSPS) is 16.6. The molecule has 0 aliphatic carbocycles. The molecule has 0 spiro atoms. The van der Waals surface area contributed by atoms with Gasteiger partial charge in [0, 0.05) is 50.6 Å². The van der Waals surface area contributed by atoms with Crippen LogP contribution in [0.5, 0.6) is 5.88 Å². The van der Waals surface area contributed by atoms with Gasteiger partial charge >= 0.3 is 0 Å². The number of nitrogens with one attached hydrogen (secondary N) is 2. The number of aliphatic imine (C=N–C) groups is 1. The molecule has 1 saturated heterocycles. The molecule has 1 aromatic heterocycles. The largest absolute Gasteiger partial charge is 0.475 e. The molecule has 1 fully saturated rings. The van der Waals surface area contributed by atoms with Crippen LogP contribution < -0.4 is 15.4 Å². The van der Waals surface area contributed by atoms with Gasteiger partial charge in [0.25, 0.3) is 0 Å². The van der Waals surface area contributed by atoms with E-state index in [1.807, 2.05) is 12.1 Å². The molecule has 2 N–H and O–H groups in total. The summed E-state index contributed by atoms with van der Waals surface area (Å²) in [6.07, 6.45) is 4.02. The lowest BCUT2D eigenvalue weighted by atomic mass is 10.0. The highest BCUT2D eigenvalue weighted by Gasteiger charge is 2.21. The van der Waals surface area contributed by atoms with E-state index in [1.165, 1.54) is 0 Å². The molecule has 7 nitrogen and oxygen atoms in total. The molecule has 0 unspecified atom stereocenters. The Morgan fingerprint density at radius 1 is 1.33 bits per heavy atom. The monoisotopic (exact) mass is 377 g/mol. The highest BCUT2D eigenvalue weighted by molar-refractivity contribution is 5.80. The number of likely N-dealkylation sites (tertiary alicyclic amines) is 1. The van der Waals surface area contributed by atoms with Crippen LogP contribution in [0.3, 0.4) is 0 Å². The summed E-state index contributed by atoms with van der Waals surface area (Å²) in [6, 6.07) is 5.00. The fourth-order valence-corrected chi connectivity index (χ4v) is 3.13. The quantitative estimate of drug-likeness (QED) is 0.390. The highest BCUT2D eigenvalue weighted by atomic mass is 16.5. The van der Waals surface area contributed by atoms with Gasteiger partial charge in [0.2, 0.25) is 5.88 Å². The van der Waals surface area contributed by atoms with Crippen molar-refractivity contribution in [1.82, 2.24) is 20.5 Å². The van der Waals surface area contributed by atoms with Crippen molar-refractivity contribution in [3.8, 4) is 5.88 Å². The van der Waals surface area contributed by atoms with Crippen LogP contribution in [-0.4, -0.2) is 67.9 Å². The van der Waals surface area contributed by atoms with Crippen molar-refractivity contribution in [3.05, 3.63) is 23.9 Å². The molecule has 1 aliphatic rings. The fraction of sp³-hybridized carbons (Fsp3) is 0.700. The Hall–Kier alpha value is -1.86. The maximum Gasteiger partial charge on any atom is 0.218 e. The van der Waals surface area contributed by atoms with Crippen LogP contribution in [0.25, 0.3) is 0 Å². The topological polar surface area (TPSA) is 71.0 Å². The molecule has 0 atom stereocenters. The Bertz CT molecular complexity index is 571. The average molecular weight is 378 g/mol. The molecular weight excluding hydrogens is 342 g/mol. The number of methoxy groups -OCH3 is 1. The van der Waals surface area contributed by atoms with Crippen LogP contribution in [0, 0.1) is 0 Å². The maximum absolute atomic E-state index is 5.70. The second kappa shape index (κ2) is 11.8. The zero-order valence-corrected chi connectivity index (χ0v) is 17.2. The number of ether oxygens (including phenoxy) is 2. The molecule has 27 heavy (non-hydrogen) atoms. The summed E-state index contributed by atoms with van der Waals surface area (Å²) in [7, 11) is 1.66. The van der Waals surface area contributed by atoms with E-state index in [2.05, 4.69) is 41.3 Å². The number of pyridine rings is 1. The van der Waals surface area contributed by atoms with E-state index in [0.29, 0.717) is 37.7 Å². The van der Waals surface area contributed by atoms with E-state index in [-0.39, 0.29) is 0 Å². The van der Waals surface area contributed by atoms with Gasteiger partial charge in [0.1, 0.15) is 6.61 Å². The van der Waals surface area contributed by atoms with Gasteiger partial charge in [0.05, 0.1) is 13.2 Å². The Morgan fingerprint density at radius 2 is 2.11 bits per heavy atom. The standard InChI is InChI=1S/C20H35N5O2/c1-5-21-20(24-18-8-11-25(12-9-18)16(2)3)23-15-17-7-6-10-22-19(17)27-14-13-26-4/h6-7,10,16,18H,5,8-9,11-15H2,1-4H3,(H2,21,23,24). The van der Waals surface area contributed by atoms with Crippen molar-refractivity contribution in [1.29, 1.82) is 0 Å². The van der Waals surface area contributed by atoms with Crippen molar-refractivity contribution in [2.45, 2.75) is 52.2 Å².